The monoisotopic (exact) mass is 548 g/mol. The van der Waals surface area contributed by atoms with Crippen molar-refractivity contribution >= 4 is 27.4 Å². The number of carbonyl (C=O) groups is 1. The zero-order valence-corrected chi connectivity index (χ0v) is 22.9. The Kier molecular flexibility index (Phi) is 6.75. The highest BCUT2D eigenvalue weighted by Gasteiger charge is 2.51. The molecule has 0 spiro atoms. The summed E-state index contributed by atoms with van der Waals surface area (Å²) in [5.74, 6) is -0.240. The lowest BCUT2D eigenvalue weighted by atomic mass is 9.77. The van der Waals surface area contributed by atoms with Crippen molar-refractivity contribution in [2.75, 3.05) is 24.7 Å². The fraction of sp³-hybridized carbons (Fsp3) is 0.577. The number of hydrogen-bond acceptors (Lipinski definition) is 9. The van der Waals surface area contributed by atoms with Gasteiger partial charge in [0.2, 0.25) is 5.88 Å². The largest absolute Gasteiger partial charge is 0.473 e. The highest BCUT2D eigenvalue weighted by atomic mass is 32.2. The van der Waals surface area contributed by atoms with Crippen LogP contribution in [-0.4, -0.2) is 72.6 Å². The van der Waals surface area contributed by atoms with Crippen molar-refractivity contribution in [3.8, 4) is 5.88 Å². The molecular formula is C26H33FN4O6S. The number of likely N-dealkylation sites (tertiary alicyclic amines) is 1. The summed E-state index contributed by atoms with van der Waals surface area (Å²) in [5, 5.41) is 2.92. The Morgan fingerprint density at radius 2 is 1.84 bits per heavy atom. The first-order valence-electron chi connectivity index (χ1n) is 12.7. The molecule has 3 heterocycles. The summed E-state index contributed by atoms with van der Waals surface area (Å²) in [6, 6.07) is 3.66. The number of carbonyl (C=O) groups excluding carboxylic acids is 1. The zero-order valence-electron chi connectivity index (χ0n) is 22.1. The second kappa shape index (κ2) is 9.64. The summed E-state index contributed by atoms with van der Waals surface area (Å²) in [5.41, 5.74) is 0.301. The van der Waals surface area contributed by atoms with Gasteiger partial charge in [-0.2, -0.15) is 0 Å². The van der Waals surface area contributed by atoms with Crippen LogP contribution in [0.2, 0.25) is 0 Å². The number of amides is 1. The van der Waals surface area contributed by atoms with Gasteiger partial charge in [-0.1, -0.05) is 0 Å². The van der Waals surface area contributed by atoms with Crippen LogP contribution in [-0.2, 0) is 19.3 Å². The van der Waals surface area contributed by atoms with E-state index in [4.69, 9.17) is 14.2 Å². The number of nitrogens with zero attached hydrogens (tertiary/aromatic N) is 3. The van der Waals surface area contributed by atoms with Crippen molar-refractivity contribution in [3.05, 3.63) is 35.9 Å². The number of sulfone groups is 1. The molecule has 10 nitrogen and oxygen atoms in total. The number of ether oxygens (including phenoxy) is 3. The first kappa shape index (κ1) is 26.6. The quantitative estimate of drug-likeness (QED) is 0.574. The van der Waals surface area contributed by atoms with Crippen LogP contribution in [0.1, 0.15) is 39.2 Å². The minimum atomic E-state index is -3.53. The molecule has 2 saturated heterocycles. The molecule has 1 aromatic carbocycles. The van der Waals surface area contributed by atoms with E-state index in [-0.39, 0.29) is 52.4 Å². The van der Waals surface area contributed by atoms with E-state index in [0.717, 1.165) is 25.2 Å². The highest BCUT2D eigenvalue weighted by molar-refractivity contribution is 7.90. The summed E-state index contributed by atoms with van der Waals surface area (Å²) in [6.07, 6.45) is 3.26. The third-order valence-corrected chi connectivity index (χ3v) is 8.91. The molecular weight excluding hydrogens is 515 g/mol. The second-order valence-corrected chi connectivity index (χ2v) is 12.9. The maximum absolute atomic E-state index is 14.7. The lowest BCUT2D eigenvalue weighted by molar-refractivity contribution is -0.181. The third-order valence-electron chi connectivity index (χ3n) is 7.79. The van der Waals surface area contributed by atoms with Crippen LogP contribution in [0.3, 0.4) is 0 Å². The SMILES string of the molecule is Cc1c(Nc2ccc(S(C)(=O)=O)cc2F)ncnc1OC1C2CN(C(=O)OC3(C)CC3)CC1C(C)OC2C. The minimum absolute atomic E-state index is 0.0776. The maximum Gasteiger partial charge on any atom is 0.410 e. The number of piperidine rings is 1. The molecule has 2 aromatic rings. The average Bonchev–Trinajstić information content (AvgIpc) is 3.57. The summed E-state index contributed by atoms with van der Waals surface area (Å²) in [6.45, 7) is 8.56. The first-order valence-corrected chi connectivity index (χ1v) is 14.6. The van der Waals surface area contributed by atoms with E-state index < -0.39 is 15.7 Å². The van der Waals surface area contributed by atoms with Crippen molar-refractivity contribution < 1.29 is 31.8 Å². The van der Waals surface area contributed by atoms with Gasteiger partial charge >= 0.3 is 6.09 Å². The number of hydrogen-bond donors (Lipinski definition) is 1. The molecule has 4 unspecified atom stereocenters. The van der Waals surface area contributed by atoms with Crippen LogP contribution in [0.5, 0.6) is 5.88 Å². The molecule has 4 atom stereocenters. The van der Waals surface area contributed by atoms with Gasteiger partial charge in [-0.3, -0.25) is 0 Å². The van der Waals surface area contributed by atoms with E-state index >= 15 is 0 Å². The number of benzene rings is 1. The van der Waals surface area contributed by atoms with Gasteiger partial charge in [0.15, 0.2) is 9.84 Å². The van der Waals surface area contributed by atoms with Gasteiger partial charge in [-0.05, 0) is 58.7 Å². The van der Waals surface area contributed by atoms with Crippen LogP contribution >= 0.6 is 0 Å². The molecule has 1 saturated carbocycles. The highest BCUT2D eigenvalue weighted by Crippen LogP contribution is 2.42. The zero-order chi connectivity index (χ0) is 27.4. The van der Waals surface area contributed by atoms with Crippen molar-refractivity contribution in [1.29, 1.82) is 0 Å². The molecule has 206 valence electrons. The van der Waals surface area contributed by atoms with Crippen molar-refractivity contribution in [3.63, 3.8) is 0 Å². The van der Waals surface area contributed by atoms with Crippen LogP contribution in [0.4, 0.5) is 20.7 Å². The summed E-state index contributed by atoms with van der Waals surface area (Å²) in [7, 11) is -3.53. The van der Waals surface area contributed by atoms with E-state index in [1.165, 1.54) is 18.5 Å². The summed E-state index contributed by atoms with van der Waals surface area (Å²) in [4.78, 5) is 23.1. The minimum Gasteiger partial charge on any atom is -0.473 e. The number of halogens is 1. The van der Waals surface area contributed by atoms with Gasteiger partial charge in [0.25, 0.3) is 0 Å². The smallest absolute Gasteiger partial charge is 0.410 e. The number of nitrogens with one attached hydrogen (secondary N) is 1. The van der Waals surface area contributed by atoms with Gasteiger partial charge in [-0.15, -0.1) is 0 Å². The molecule has 3 fully saturated rings. The lowest BCUT2D eigenvalue weighted by Gasteiger charge is -2.51. The van der Waals surface area contributed by atoms with Gasteiger partial charge in [0.05, 0.1) is 28.4 Å². The van der Waals surface area contributed by atoms with Gasteiger partial charge < -0.3 is 24.4 Å². The Morgan fingerprint density at radius 3 is 2.42 bits per heavy atom. The lowest BCUT2D eigenvalue weighted by Crippen LogP contribution is -2.63. The maximum atomic E-state index is 14.7. The van der Waals surface area contributed by atoms with E-state index in [1.54, 1.807) is 11.8 Å². The number of anilines is 2. The van der Waals surface area contributed by atoms with Crippen molar-refractivity contribution in [1.82, 2.24) is 14.9 Å². The molecule has 3 aliphatic rings. The van der Waals surface area contributed by atoms with Crippen LogP contribution in [0, 0.1) is 24.6 Å². The van der Waals surface area contributed by atoms with E-state index in [0.29, 0.717) is 30.4 Å². The van der Waals surface area contributed by atoms with Gasteiger partial charge in [0, 0.05) is 31.2 Å². The second-order valence-electron chi connectivity index (χ2n) is 10.9. The topological polar surface area (TPSA) is 120 Å². The molecule has 1 aliphatic carbocycles. The molecule has 2 aliphatic heterocycles. The fourth-order valence-corrected chi connectivity index (χ4v) is 5.75. The Hall–Kier alpha value is -2.99. The molecule has 38 heavy (non-hydrogen) atoms. The van der Waals surface area contributed by atoms with Crippen molar-refractivity contribution in [2.24, 2.45) is 11.8 Å². The molecule has 1 amide bonds. The van der Waals surface area contributed by atoms with Gasteiger partial charge in [0.1, 0.15) is 29.7 Å². The molecule has 5 rings (SSSR count). The summed E-state index contributed by atoms with van der Waals surface area (Å²) >= 11 is 0. The molecule has 0 radical (unpaired) electrons. The number of fused-ring (bicyclic) bond motifs is 2. The van der Waals surface area contributed by atoms with Crippen molar-refractivity contribution in [2.45, 2.75) is 69.3 Å². The van der Waals surface area contributed by atoms with E-state index in [1.807, 2.05) is 20.8 Å². The normalized spacial score (nSPS) is 27.9. The van der Waals surface area contributed by atoms with E-state index in [2.05, 4.69) is 15.3 Å². The summed E-state index contributed by atoms with van der Waals surface area (Å²) < 4.78 is 56.5. The number of aromatic nitrogens is 2. The standard InChI is InChI=1S/C26H33FN4O6S/c1-14-23(30-21-7-6-17(10-20(21)27)38(5,33)34)28-13-29-24(14)36-22-18-11-31(25(32)37-26(4)8-9-26)12-19(22)16(3)35-15(18)2/h6-7,10,13,15-16,18-19,22H,8-9,11-12H2,1-5H3,(H,28,29,30). The Morgan fingerprint density at radius 1 is 1.18 bits per heavy atom. The molecule has 12 heteroatoms. The number of rotatable bonds is 6. The Balaban J connectivity index is 1.35. The Labute approximate surface area is 221 Å². The average molecular weight is 549 g/mol. The predicted molar refractivity (Wildman–Crippen MR) is 137 cm³/mol. The third kappa shape index (κ3) is 5.28. The molecule has 2 bridgehead atoms. The van der Waals surface area contributed by atoms with Crippen LogP contribution in [0.25, 0.3) is 0 Å². The van der Waals surface area contributed by atoms with Crippen LogP contribution in [0.15, 0.2) is 29.4 Å². The van der Waals surface area contributed by atoms with Gasteiger partial charge in [-0.25, -0.2) is 27.6 Å². The first-order chi connectivity index (χ1) is 17.8. The molecule has 1 N–H and O–H groups in total. The molecule has 1 aromatic heterocycles. The van der Waals surface area contributed by atoms with Crippen LogP contribution < -0.4 is 10.1 Å². The Bertz CT molecular complexity index is 1330. The predicted octanol–water partition coefficient (Wildman–Crippen LogP) is 3.86. The van der Waals surface area contributed by atoms with E-state index in [9.17, 15) is 17.6 Å². The fourth-order valence-electron chi connectivity index (χ4n) is 5.12.